The molecule has 1 fully saturated rings. The second-order valence-electron chi connectivity index (χ2n) is 4.80. The number of hydrogen-bond donors (Lipinski definition) is 1. The van der Waals surface area contributed by atoms with E-state index in [1.165, 1.54) is 31.9 Å². The molecule has 1 aliphatic rings. The molecule has 0 bridgehead atoms. The second-order valence-corrected chi connectivity index (χ2v) is 4.80. The average molecular weight is 264 g/mol. The van der Waals surface area contributed by atoms with E-state index in [4.69, 9.17) is 15.2 Å². The van der Waals surface area contributed by atoms with Crippen LogP contribution in [0.4, 0.5) is 5.69 Å². The molecule has 19 heavy (non-hydrogen) atoms. The fourth-order valence-electron chi connectivity index (χ4n) is 2.31. The lowest BCUT2D eigenvalue weighted by Gasteiger charge is -2.13. The molecule has 1 aromatic heterocycles. The lowest BCUT2D eigenvalue weighted by atomic mass is 10.1. The smallest absolute Gasteiger partial charge is 0.343 e. The van der Waals surface area contributed by atoms with Crippen molar-refractivity contribution < 1.29 is 14.3 Å². The largest absolute Gasteiger partial charge is 0.477 e. The van der Waals surface area contributed by atoms with Gasteiger partial charge in [0.25, 0.3) is 0 Å². The van der Waals surface area contributed by atoms with Crippen molar-refractivity contribution in [1.29, 1.82) is 0 Å². The number of esters is 1. The summed E-state index contributed by atoms with van der Waals surface area (Å²) in [5.41, 5.74) is 6.39. The number of carbonyl (C=O) groups is 1. The quantitative estimate of drug-likeness (QED) is 0.827. The van der Waals surface area contributed by atoms with Crippen molar-refractivity contribution >= 4 is 11.7 Å². The molecule has 0 aliphatic heterocycles. The summed E-state index contributed by atoms with van der Waals surface area (Å²) in [5, 5.41) is 0. The van der Waals surface area contributed by atoms with Gasteiger partial charge in [0.15, 0.2) is 0 Å². The number of nitrogens with two attached hydrogens (primary N) is 1. The van der Waals surface area contributed by atoms with Gasteiger partial charge in [0.05, 0.1) is 25.1 Å². The number of nitrogens with zero attached hydrogens (tertiary/aromatic N) is 1. The van der Waals surface area contributed by atoms with Gasteiger partial charge in [-0.25, -0.2) is 9.78 Å². The lowest BCUT2D eigenvalue weighted by Crippen LogP contribution is -2.14. The Kier molecular flexibility index (Phi) is 4.60. The predicted molar refractivity (Wildman–Crippen MR) is 72.1 cm³/mol. The zero-order chi connectivity index (χ0) is 13.7. The molecule has 5 heteroatoms. The van der Waals surface area contributed by atoms with Gasteiger partial charge in [-0.1, -0.05) is 12.8 Å². The summed E-state index contributed by atoms with van der Waals surface area (Å²) < 4.78 is 10.7. The summed E-state index contributed by atoms with van der Waals surface area (Å²) in [6.45, 7) is 2.68. The molecule has 0 saturated heterocycles. The molecule has 5 nitrogen and oxygen atoms in total. The van der Waals surface area contributed by atoms with Crippen LogP contribution >= 0.6 is 0 Å². The van der Waals surface area contributed by atoms with Gasteiger partial charge in [0.2, 0.25) is 5.88 Å². The van der Waals surface area contributed by atoms with Gasteiger partial charge in [-0.05, 0) is 31.7 Å². The highest BCUT2D eigenvalue weighted by Gasteiger charge is 2.19. The summed E-state index contributed by atoms with van der Waals surface area (Å²) in [5.74, 6) is 0.442. The molecule has 1 aliphatic carbocycles. The molecule has 0 unspecified atom stereocenters. The SMILES string of the molecule is CCOC(=O)c1cc(N)cnc1OCC1CCCC1. The standard InChI is InChI=1S/C14H20N2O3/c1-2-18-14(17)12-7-11(15)8-16-13(12)19-9-10-5-3-4-6-10/h7-8,10H,2-6,9,15H2,1H3. The van der Waals surface area contributed by atoms with E-state index in [-0.39, 0.29) is 0 Å². The van der Waals surface area contributed by atoms with Crippen LogP contribution in [0.1, 0.15) is 43.0 Å². The Hall–Kier alpha value is -1.78. The molecule has 0 amide bonds. The van der Waals surface area contributed by atoms with Gasteiger partial charge in [0, 0.05) is 0 Å². The third-order valence-electron chi connectivity index (χ3n) is 3.30. The molecule has 1 aromatic rings. The first-order valence-electron chi connectivity index (χ1n) is 6.76. The third kappa shape index (κ3) is 3.59. The minimum absolute atomic E-state index is 0.305. The summed E-state index contributed by atoms with van der Waals surface area (Å²) in [4.78, 5) is 15.9. The normalized spacial score (nSPS) is 15.4. The lowest BCUT2D eigenvalue weighted by molar-refractivity contribution is 0.0519. The van der Waals surface area contributed by atoms with Crippen LogP contribution in [0.2, 0.25) is 0 Å². The zero-order valence-corrected chi connectivity index (χ0v) is 11.2. The molecule has 1 saturated carbocycles. The van der Waals surface area contributed by atoms with Crippen LogP contribution in [-0.4, -0.2) is 24.2 Å². The van der Waals surface area contributed by atoms with E-state index < -0.39 is 5.97 Å². The molecular formula is C14H20N2O3. The predicted octanol–water partition coefficient (Wildman–Crippen LogP) is 2.41. The molecule has 104 valence electrons. The number of nitrogen functional groups attached to an aromatic ring is 1. The fourth-order valence-corrected chi connectivity index (χ4v) is 2.31. The van der Waals surface area contributed by atoms with E-state index in [0.717, 1.165) is 0 Å². The molecule has 0 atom stereocenters. The Morgan fingerprint density at radius 1 is 1.47 bits per heavy atom. The van der Waals surface area contributed by atoms with E-state index in [0.29, 0.717) is 36.3 Å². The Balaban J connectivity index is 2.07. The molecule has 0 aromatic carbocycles. The molecule has 2 N–H and O–H groups in total. The number of carbonyl (C=O) groups excluding carboxylic acids is 1. The Morgan fingerprint density at radius 2 is 2.21 bits per heavy atom. The van der Waals surface area contributed by atoms with Crippen molar-refractivity contribution in [2.75, 3.05) is 18.9 Å². The minimum atomic E-state index is -0.441. The molecule has 0 spiro atoms. The van der Waals surface area contributed by atoms with Crippen LogP contribution in [-0.2, 0) is 4.74 Å². The molecule has 0 radical (unpaired) electrons. The summed E-state index contributed by atoms with van der Waals surface area (Å²) in [6, 6.07) is 1.55. The summed E-state index contributed by atoms with van der Waals surface area (Å²) in [7, 11) is 0. The Bertz CT molecular complexity index is 442. The zero-order valence-electron chi connectivity index (χ0n) is 11.2. The number of hydrogen-bond acceptors (Lipinski definition) is 5. The van der Waals surface area contributed by atoms with Crippen LogP contribution in [0, 0.1) is 5.92 Å². The Labute approximate surface area is 113 Å². The maximum Gasteiger partial charge on any atom is 0.343 e. The van der Waals surface area contributed by atoms with Gasteiger partial charge >= 0.3 is 5.97 Å². The van der Waals surface area contributed by atoms with Crippen molar-refractivity contribution in [2.24, 2.45) is 5.92 Å². The minimum Gasteiger partial charge on any atom is -0.477 e. The van der Waals surface area contributed by atoms with Gasteiger partial charge in [-0.2, -0.15) is 0 Å². The van der Waals surface area contributed by atoms with Crippen molar-refractivity contribution in [3.05, 3.63) is 17.8 Å². The molecular weight excluding hydrogens is 244 g/mol. The van der Waals surface area contributed by atoms with E-state index >= 15 is 0 Å². The number of rotatable bonds is 5. The van der Waals surface area contributed by atoms with Crippen molar-refractivity contribution in [3.8, 4) is 5.88 Å². The third-order valence-corrected chi connectivity index (χ3v) is 3.30. The average Bonchev–Trinajstić information content (AvgIpc) is 2.90. The van der Waals surface area contributed by atoms with Gasteiger partial charge in [-0.3, -0.25) is 0 Å². The van der Waals surface area contributed by atoms with Gasteiger partial charge in [0.1, 0.15) is 5.56 Å². The monoisotopic (exact) mass is 264 g/mol. The first-order valence-corrected chi connectivity index (χ1v) is 6.76. The van der Waals surface area contributed by atoms with E-state index in [1.807, 2.05) is 0 Å². The van der Waals surface area contributed by atoms with Crippen molar-refractivity contribution in [1.82, 2.24) is 4.98 Å². The van der Waals surface area contributed by atoms with Crippen LogP contribution in [0.5, 0.6) is 5.88 Å². The summed E-state index contributed by atoms with van der Waals surface area (Å²) >= 11 is 0. The number of aromatic nitrogens is 1. The van der Waals surface area contributed by atoms with Crippen molar-refractivity contribution in [3.63, 3.8) is 0 Å². The van der Waals surface area contributed by atoms with Gasteiger partial charge in [-0.15, -0.1) is 0 Å². The number of pyridine rings is 1. The molecule has 1 heterocycles. The van der Waals surface area contributed by atoms with Crippen LogP contribution in [0.15, 0.2) is 12.3 Å². The topological polar surface area (TPSA) is 74.4 Å². The van der Waals surface area contributed by atoms with Crippen LogP contribution in [0.25, 0.3) is 0 Å². The highest BCUT2D eigenvalue weighted by atomic mass is 16.5. The van der Waals surface area contributed by atoms with Crippen LogP contribution < -0.4 is 10.5 Å². The second kappa shape index (κ2) is 6.41. The highest BCUT2D eigenvalue weighted by molar-refractivity contribution is 5.92. The number of anilines is 1. The first-order chi connectivity index (χ1) is 9.20. The molecule has 2 rings (SSSR count). The van der Waals surface area contributed by atoms with Crippen molar-refractivity contribution in [2.45, 2.75) is 32.6 Å². The van der Waals surface area contributed by atoms with E-state index in [9.17, 15) is 4.79 Å². The van der Waals surface area contributed by atoms with E-state index in [2.05, 4.69) is 4.98 Å². The Morgan fingerprint density at radius 3 is 2.89 bits per heavy atom. The first kappa shape index (κ1) is 13.6. The fraction of sp³-hybridized carbons (Fsp3) is 0.571. The van der Waals surface area contributed by atoms with Gasteiger partial charge < -0.3 is 15.2 Å². The highest BCUT2D eigenvalue weighted by Crippen LogP contribution is 2.26. The maximum atomic E-state index is 11.8. The number of ether oxygens (including phenoxy) is 2. The summed E-state index contributed by atoms with van der Waals surface area (Å²) in [6.07, 6.45) is 6.38. The van der Waals surface area contributed by atoms with Crippen LogP contribution in [0.3, 0.4) is 0 Å². The van der Waals surface area contributed by atoms with E-state index in [1.54, 1.807) is 13.0 Å². The maximum absolute atomic E-state index is 11.8.